The molecule has 34 heavy (non-hydrogen) atoms. The third-order valence-electron chi connectivity index (χ3n) is 6.11. The first-order chi connectivity index (χ1) is 16.3. The number of aromatic nitrogens is 2. The first kappa shape index (κ1) is 24.4. The minimum atomic E-state index is -0.346. The highest BCUT2D eigenvalue weighted by atomic mass is 35.5. The molecule has 0 bridgehead atoms. The smallest absolute Gasteiger partial charge is 0.255 e. The van der Waals surface area contributed by atoms with Crippen LogP contribution in [0, 0.1) is 12.7 Å². The molecule has 2 heterocycles. The summed E-state index contributed by atoms with van der Waals surface area (Å²) in [6, 6.07) is 11.8. The predicted octanol–water partition coefficient (Wildman–Crippen LogP) is 5.91. The fourth-order valence-electron chi connectivity index (χ4n) is 4.13. The second-order valence-corrected chi connectivity index (χ2v) is 9.57. The Hall–Kier alpha value is -2.70. The van der Waals surface area contributed by atoms with Gasteiger partial charge in [-0.2, -0.15) is 0 Å². The molecule has 1 fully saturated rings. The van der Waals surface area contributed by atoms with E-state index < -0.39 is 0 Å². The van der Waals surface area contributed by atoms with Crippen LogP contribution in [-0.4, -0.2) is 47.0 Å². The van der Waals surface area contributed by atoms with Crippen molar-refractivity contribution in [1.29, 1.82) is 0 Å². The minimum Gasteiger partial charge on any atom is -0.353 e. The van der Waals surface area contributed by atoms with Crippen molar-refractivity contribution in [2.24, 2.45) is 0 Å². The van der Waals surface area contributed by atoms with Crippen molar-refractivity contribution in [2.75, 3.05) is 31.1 Å². The fraction of sp³-hybridized carbons (Fsp3) is 0.346. The van der Waals surface area contributed by atoms with E-state index in [0.29, 0.717) is 53.8 Å². The summed E-state index contributed by atoms with van der Waals surface area (Å²) in [6.45, 7) is 8.29. The van der Waals surface area contributed by atoms with Crippen molar-refractivity contribution >= 4 is 34.9 Å². The maximum atomic E-state index is 14.6. The van der Waals surface area contributed by atoms with Gasteiger partial charge in [-0.05, 0) is 31.2 Å². The lowest BCUT2D eigenvalue weighted by atomic mass is 10.0. The maximum absolute atomic E-state index is 14.6. The summed E-state index contributed by atoms with van der Waals surface area (Å²) in [5.41, 5.74) is 2.60. The van der Waals surface area contributed by atoms with Gasteiger partial charge >= 0.3 is 0 Å². The quantitative estimate of drug-likeness (QED) is 0.437. The fourth-order valence-corrected chi connectivity index (χ4v) is 4.58. The molecule has 0 aliphatic carbocycles. The van der Waals surface area contributed by atoms with Crippen LogP contribution in [0.2, 0.25) is 10.0 Å². The number of rotatable bonds is 5. The van der Waals surface area contributed by atoms with E-state index in [1.165, 1.54) is 6.07 Å². The average Bonchev–Trinajstić information content (AvgIpc) is 2.82. The molecule has 1 aliphatic rings. The van der Waals surface area contributed by atoms with Crippen LogP contribution in [0.15, 0.2) is 42.5 Å². The van der Waals surface area contributed by atoms with Gasteiger partial charge in [0.2, 0.25) is 0 Å². The normalized spacial score (nSPS) is 14.1. The van der Waals surface area contributed by atoms with Gasteiger partial charge in [-0.1, -0.05) is 55.2 Å². The Morgan fingerprint density at radius 3 is 2.29 bits per heavy atom. The van der Waals surface area contributed by atoms with Gasteiger partial charge in [0.25, 0.3) is 5.91 Å². The highest BCUT2D eigenvalue weighted by molar-refractivity contribution is 6.33. The van der Waals surface area contributed by atoms with Crippen LogP contribution in [0.3, 0.4) is 0 Å². The molecule has 4 rings (SSSR count). The Morgan fingerprint density at radius 1 is 0.971 bits per heavy atom. The molecule has 3 aromatic rings. The van der Waals surface area contributed by atoms with Crippen LogP contribution in [-0.2, 0) is 6.42 Å². The molecule has 178 valence electrons. The number of piperazine rings is 1. The molecule has 0 atom stereocenters. The summed E-state index contributed by atoms with van der Waals surface area (Å²) in [6.07, 6.45) is 0.295. The van der Waals surface area contributed by atoms with E-state index in [2.05, 4.69) is 4.90 Å². The van der Waals surface area contributed by atoms with Crippen molar-refractivity contribution in [1.82, 2.24) is 14.9 Å². The summed E-state index contributed by atoms with van der Waals surface area (Å²) in [4.78, 5) is 26.5. The summed E-state index contributed by atoms with van der Waals surface area (Å²) in [5.74, 6) is 1.24. The highest BCUT2D eigenvalue weighted by Gasteiger charge is 2.27. The average molecular weight is 501 g/mol. The van der Waals surface area contributed by atoms with Gasteiger partial charge in [-0.25, -0.2) is 14.4 Å². The Kier molecular flexibility index (Phi) is 7.39. The SMILES string of the molecule is Cc1nc(C(C)C)nc(N2CCN(C(=O)c3ccccc3Cl)CC2)c1Cc1c(F)cccc1Cl. The molecule has 1 aliphatic heterocycles. The molecule has 0 saturated carbocycles. The molecule has 0 unspecified atom stereocenters. The van der Waals surface area contributed by atoms with Crippen molar-refractivity contribution < 1.29 is 9.18 Å². The Morgan fingerprint density at radius 2 is 1.65 bits per heavy atom. The van der Waals surface area contributed by atoms with E-state index in [-0.39, 0.29) is 17.6 Å². The topological polar surface area (TPSA) is 49.3 Å². The number of hydrogen-bond acceptors (Lipinski definition) is 4. The molecule has 5 nitrogen and oxygen atoms in total. The lowest BCUT2D eigenvalue weighted by Gasteiger charge is -2.37. The third kappa shape index (κ3) is 5.03. The second kappa shape index (κ2) is 10.3. The third-order valence-corrected chi connectivity index (χ3v) is 6.80. The van der Waals surface area contributed by atoms with Gasteiger partial charge in [0.1, 0.15) is 17.5 Å². The molecule has 0 radical (unpaired) electrons. The van der Waals surface area contributed by atoms with Crippen LogP contribution >= 0.6 is 23.2 Å². The molecule has 8 heteroatoms. The first-order valence-electron chi connectivity index (χ1n) is 11.3. The predicted molar refractivity (Wildman–Crippen MR) is 135 cm³/mol. The van der Waals surface area contributed by atoms with Gasteiger partial charge < -0.3 is 9.80 Å². The molecular formula is C26H27Cl2FN4O. The van der Waals surface area contributed by atoms with E-state index in [0.717, 1.165) is 22.9 Å². The number of benzene rings is 2. The van der Waals surface area contributed by atoms with Crippen molar-refractivity contribution in [3.05, 3.63) is 86.5 Å². The molecular weight excluding hydrogens is 474 g/mol. The molecule has 1 aromatic heterocycles. The van der Waals surface area contributed by atoms with Gasteiger partial charge in [-0.15, -0.1) is 0 Å². The summed E-state index contributed by atoms with van der Waals surface area (Å²) in [5, 5.41) is 0.834. The number of nitrogens with zero attached hydrogens (tertiary/aromatic N) is 4. The van der Waals surface area contributed by atoms with E-state index in [1.54, 1.807) is 24.3 Å². The van der Waals surface area contributed by atoms with E-state index in [4.69, 9.17) is 33.2 Å². The summed E-state index contributed by atoms with van der Waals surface area (Å²) >= 11 is 12.6. The van der Waals surface area contributed by atoms with Crippen LogP contribution in [0.25, 0.3) is 0 Å². The van der Waals surface area contributed by atoms with Gasteiger partial charge in [0.05, 0.1) is 10.6 Å². The zero-order valence-electron chi connectivity index (χ0n) is 19.5. The zero-order chi connectivity index (χ0) is 24.4. The van der Waals surface area contributed by atoms with Crippen molar-refractivity contribution in [2.45, 2.75) is 33.1 Å². The largest absolute Gasteiger partial charge is 0.353 e. The molecule has 0 spiro atoms. The van der Waals surface area contributed by atoms with Crippen LogP contribution in [0.1, 0.15) is 52.8 Å². The summed E-state index contributed by atoms with van der Waals surface area (Å²) < 4.78 is 14.6. The highest BCUT2D eigenvalue weighted by Crippen LogP contribution is 2.30. The van der Waals surface area contributed by atoms with Crippen LogP contribution < -0.4 is 4.90 Å². The zero-order valence-corrected chi connectivity index (χ0v) is 21.0. The van der Waals surface area contributed by atoms with Crippen molar-refractivity contribution in [3.63, 3.8) is 0 Å². The number of halogens is 3. The molecule has 1 saturated heterocycles. The monoisotopic (exact) mass is 500 g/mol. The number of aryl methyl sites for hydroxylation is 1. The molecule has 1 amide bonds. The molecule has 0 N–H and O–H groups in total. The van der Waals surface area contributed by atoms with E-state index in [1.807, 2.05) is 37.8 Å². The lowest BCUT2D eigenvalue weighted by Crippen LogP contribution is -2.49. The standard InChI is InChI=1S/C26H27Cl2FN4O/c1-16(2)24-30-17(3)19(15-20-22(28)9-6-10-23(20)29)25(31-24)32-11-13-33(14-12-32)26(34)18-7-4-5-8-21(18)27/h4-10,16H,11-15H2,1-3H3. The second-order valence-electron chi connectivity index (χ2n) is 8.76. The van der Waals surface area contributed by atoms with Crippen LogP contribution in [0.4, 0.5) is 10.2 Å². The van der Waals surface area contributed by atoms with Crippen LogP contribution in [0.5, 0.6) is 0 Å². The van der Waals surface area contributed by atoms with Gasteiger partial charge in [0, 0.05) is 60.4 Å². The maximum Gasteiger partial charge on any atom is 0.255 e. The number of carbonyl (C=O) groups is 1. The number of amides is 1. The lowest BCUT2D eigenvalue weighted by molar-refractivity contribution is 0.0746. The van der Waals surface area contributed by atoms with Gasteiger partial charge in [-0.3, -0.25) is 4.79 Å². The number of carbonyl (C=O) groups excluding carboxylic acids is 1. The minimum absolute atomic E-state index is 0.0784. The Labute approximate surface area is 209 Å². The number of hydrogen-bond donors (Lipinski definition) is 0. The van der Waals surface area contributed by atoms with E-state index in [9.17, 15) is 9.18 Å². The number of anilines is 1. The first-order valence-corrected chi connectivity index (χ1v) is 12.1. The molecule has 2 aromatic carbocycles. The van der Waals surface area contributed by atoms with E-state index >= 15 is 0 Å². The van der Waals surface area contributed by atoms with Crippen molar-refractivity contribution in [3.8, 4) is 0 Å². The Bertz CT molecular complexity index is 1190. The Balaban J connectivity index is 1.62. The summed E-state index contributed by atoms with van der Waals surface area (Å²) in [7, 11) is 0. The van der Waals surface area contributed by atoms with Gasteiger partial charge in [0.15, 0.2) is 0 Å².